The van der Waals surface area contributed by atoms with Gasteiger partial charge in [-0.2, -0.15) is 0 Å². The highest BCUT2D eigenvalue weighted by atomic mass is 79.9. The Bertz CT molecular complexity index is 1640. The number of nitrogens with one attached hydrogen (secondary N) is 2. The first kappa shape index (κ1) is 31.8. The first-order chi connectivity index (χ1) is 20.5. The second-order valence-corrected chi connectivity index (χ2v) is 11.3. The van der Waals surface area contributed by atoms with Crippen molar-refractivity contribution >= 4 is 73.1 Å². The van der Waals surface area contributed by atoms with E-state index in [1.54, 1.807) is 24.3 Å². The van der Waals surface area contributed by atoms with Gasteiger partial charge in [-0.05, 0) is 83.7 Å². The molecule has 4 rings (SSSR count). The lowest BCUT2D eigenvalue weighted by molar-refractivity contribution is -0.122. The van der Waals surface area contributed by atoms with Crippen LogP contribution in [0.3, 0.4) is 0 Å². The SMILES string of the molecule is CCCOc1ccc(N2C(=O)NC(=O)/C(=C/c3cc(Br)cc(Br)c3OCC(=O)Nc3cccc(C)c3C)C2=O)cc1OC. The van der Waals surface area contributed by atoms with E-state index >= 15 is 0 Å². The van der Waals surface area contributed by atoms with Gasteiger partial charge in [0.2, 0.25) is 0 Å². The standard InChI is InChI=1S/C31H29Br2N3O7/c1-5-11-42-25-10-9-21(15-26(25)41-4)36-30(39)22(29(38)35-31(36)40)13-19-12-20(32)14-23(33)28(19)43-16-27(37)34-24-8-6-7-17(2)18(24)3/h6-10,12-15H,5,11,16H2,1-4H3,(H,34,37)(H,35,38,40)/b22-13-. The molecule has 0 aromatic heterocycles. The van der Waals surface area contributed by atoms with Crippen LogP contribution in [-0.4, -0.2) is 44.1 Å². The molecule has 1 fully saturated rings. The summed E-state index contributed by atoms with van der Waals surface area (Å²) in [7, 11) is 1.44. The molecule has 1 heterocycles. The van der Waals surface area contributed by atoms with Crippen LogP contribution in [0.1, 0.15) is 30.0 Å². The van der Waals surface area contributed by atoms with Gasteiger partial charge >= 0.3 is 6.03 Å². The van der Waals surface area contributed by atoms with Crippen molar-refractivity contribution in [3.05, 3.63) is 79.7 Å². The Hall–Kier alpha value is -4.16. The van der Waals surface area contributed by atoms with Crippen LogP contribution in [-0.2, 0) is 14.4 Å². The molecular weight excluding hydrogens is 686 g/mol. The molecule has 43 heavy (non-hydrogen) atoms. The number of imide groups is 2. The molecule has 224 valence electrons. The number of ether oxygens (including phenoxy) is 3. The van der Waals surface area contributed by atoms with Gasteiger partial charge in [0.1, 0.15) is 11.3 Å². The first-order valence-corrected chi connectivity index (χ1v) is 14.8. The van der Waals surface area contributed by atoms with Crippen molar-refractivity contribution in [2.24, 2.45) is 0 Å². The number of carbonyl (C=O) groups is 4. The minimum Gasteiger partial charge on any atom is -0.493 e. The number of carbonyl (C=O) groups excluding carboxylic acids is 4. The number of barbiturate groups is 1. The molecule has 3 aromatic carbocycles. The predicted molar refractivity (Wildman–Crippen MR) is 170 cm³/mol. The van der Waals surface area contributed by atoms with E-state index in [-0.39, 0.29) is 23.6 Å². The predicted octanol–water partition coefficient (Wildman–Crippen LogP) is 6.31. The topological polar surface area (TPSA) is 123 Å². The monoisotopic (exact) mass is 713 g/mol. The van der Waals surface area contributed by atoms with E-state index in [0.717, 1.165) is 22.4 Å². The smallest absolute Gasteiger partial charge is 0.335 e. The number of anilines is 2. The van der Waals surface area contributed by atoms with E-state index < -0.39 is 23.8 Å². The maximum Gasteiger partial charge on any atom is 0.335 e. The number of amides is 5. The third kappa shape index (κ3) is 7.26. The number of methoxy groups -OCH3 is 1. The second-order valence-electron chi connectivity index (χ2n) is 9.53. The summed E-state index contributed by atoms with van der Waals surface area (Å²) in [6.07, 6.45) is 2.09. The van der Waals surface area contributed by atoms with Crippen LogP contribution in [0.25, 0.3) is 6.08 Å². The number of aryl methyl sites for hydroxylation is 1. The minimum atomic E-state index is -0.911. The molecule has 1 aliphatic heterocycles. The number of urea groups is 1. The zero-order valence-electron chi connectivity index (χ0n) is 23.9. The van der Waals surface area contributed by atoms with Crippen molar-refractivity contribution in [1.82, 2.24) is 5.32 Å². The molecule has 0 spiro atoms. The van der Waals surface area contributed by atoms with Crippen molar-refractivity contribution in [2.75, 3.05) is 30.5 Å². The largest absolute Gasteiger partial charge is 0.493 e. The summed E-state index contributed by atoms with van der Waals surface area (Å²) < 4.78 is 18.0. The lowest BCUT2D eigenvalue weighted by Crippen LogP contribution is -2.54. The Morgan fingerprint density at radius 1 is 1.02 bits per heavy atom. The Morgan fingerprint density at radius 3 is 2.51 bits per heavy atom. The third-order valence-electron chi connectivity index (χ3n) is 6.53. The summed E-state index contributed by atoms with van der Waals surface area (Å²) in [6.45, 7) is 5.93. The van der Waals surface area contributed by atoms with Crippen molar-refractivity contribution in [2.45, 2.75) is 27.2 Å². The van der Waals surface area contributed by atoms with Gasteiger partial charge < -0.3 is 19.5 Å². The molecule has 0 saturated carbocycles. The Kier molecular flexibility index (Phi) is 10.3. The summed E-state index contributed by atoms with van der Waals surface area (Å²) in [5, 5.41) is 5.04. The molecule has 5 amide bonds. The van der Waals surface area contributed by atoms with E-state index in [2.05, 4.69) is 42.5 Å². The van der Waals surface area contributed by atoms with Gasteiger partial charge in [0.05, 0.1) is 23.9 Å². The normalized spacial score (nSPS) is 14.0. The molecule has 0 bridgehead atoms. The highest BCUT2D eigenvalue weighted by Crippen LogP contribution is 2.36. The zero-order valence-corrected chi connectivity index (χ0v) is 27.1. The highest BCUT2D eigenvalue weighted by molar-refractivity contribution is 9.11. The Morgan fingerprint density at radius 2 is 1.79 bits per heavy atom. The van der Waals surface area contributed by atoms with Crippen LogP contribution >= 0.6 is 31.9 Å². The molecule has 1 aliphatic rings. The summed E-state index contributed by atoms with van der Waals surface area (Å²) in [5.41, 5.74) is 2.81. The minimum absolute atomic E-state index is 0.177. The summed E-state index contributed by atoms with van der Waals surface area (Å²) in [5.74, 6) is -1.14. The van der Waals surface area contributed by atoms with Crippen LogP contribution in [0.5, 0.6) is 17.2 Å². The van der Waals surface area contributed by atoms with Crippen molar-refractivity contribution in [3.63, 3.8) is 0 Å². The molecule has 0 unspecified atom stereocenters. The van der Waals surface area contributed by atoms with Gasteiger partial charge in [0.25, 0.3) is 17.7 Å². The quantitative estimate of drug-likeness (QED) is 0.186. The van der Waals surface area contributed by atoms with Crippen LogP contribution in [0.2, 0.25) is 0 Å². The summed E-state index contributed by atoms with van der Waals surface area (Å²) >= 11 is 6.85. The van der Waals surface area contributed by atoms with E-state index in [0.29, 0.717) is 38.3 Å². The van der Waals surface area contributed by atoms with Crippen molar-refractivity contribution in [3.8, 4) is 17.2 Å². The third-order valence-corrected chi connectivity index (χ3v) is 7.58. The lowest BCUT2D eigenvalue weighted by atomic mass is 10.1. The fourth-order valence-corrected chi connectivity index (χ4v) is 5.60. The fraction of sp³-hybridized carbons (Fsp3) is 0.226. The maximum atomic E-state index is 13.6. The van der Waals surface area contributed by atoms with E-state index in [4.69, 9.17) is 14.2 Å². The van der Waals surface area contributed by atoms with Crippen LogP contribution < -0.4 is 29.7 Å². The molecule has 0 aliphatic carbocycles. The maximum absolute atomic E-state index is 13.6. The van der Waals surface area contributed by atoms with Crippen LogP contribution in [0.15, 0.2) is 63.0 Å². The molecule has 10 nitrogen and oxygen atoms in total. The number of rotatable bonds is 10. The summed E-state index contributed by atoms with van der Waals surface area (Å²) in [4.78, 5) is 52.9. The summed E-state index contributed by atoms with van der Waals surface area (Å²) in [6, 6.07) is 12.6. The molecule has 12 heteroatoms. The number of hydrogen-bond acceptors (Lipinski definition) is 7. The number of halogens is 2. The molecule has 2 N–H and O–H groups in total. The van der Waals surface area contributed by atoms with Gasteiger partial charge in [0, 0.05) is 21.8 Å². The zero-order chi connectivity index (χ0) is 31.3. The Balaban J connectivity index is 1.63. The molecule has 0 atom stereocenters. The lowest BCUT2D eigenvalue weighted by Gasteiger charge is -2.27. The van der Waals surface area contributed by atoms with Crippen molar-refractivity contribution in [1.29, 1.82) is 0 Å². The Labute approximate surface area is 265 Å². The second kappa shape index (κ2) is 13.9. The van der Waals surface area contributed by atoms with Gasteiger partial charge in [0.15, 0.2) is 18.1 Å². The van der Waals surface area contributed by atoms with Gasteiger partial charge in [-0.1, -0.05) is 35.0 Å². The van der Waals surface area contributed by atoms with E-state index in [1.807, 2.05) is 32.9 Å². The molecule has 3 aromatic rings. The van der Waals surface area contributed by atoms with Gasteiger partial charge in [-0.15, -0.1) is 0 Å². The number of hydrogen-bond donors (Lipinski definition) is 2. The highest BCUT2D eigenvalue weighted by Gasteiger charge is 2.37. The molecule has 0 radical (unpaired) electrons. The van der Waals surface area contributed by atoms with Gasteiger partial charge in [-0.25, -0.2) is 9.69 Å². The average molecular weight is 715 g/mol. The fourth-order valence-electron chi connectivity index (χ4n) is 4.22. The van der Waals surface area contributed by atoms with E-state index in [1.165, 1.54) is 25.3 Å². The molecule has 1 saturated heterocycles. The number of benzene rings is 3. The molecular formula is C31H29Br2N3O7. The van der Waals surface area contributed by atoms with Crippen LogP contribution in [0, 0.1) is 13.8 Å². The average Bonchev–Trinajstić information content (AvgIpc) is 2.96. The van der Waals surface area contributed by atoms with E-state index in [9.17, 15) is 19.2 Å². The number of nitrogens with zero attached hydrogens (tertiary/aromatic N) is 1. The van der Waals surface area contributed by atoms with Crippen LogP contribution in [0.4, 0.5) is 16.2 Å². The first-order valence-electron chi connectivity index (χ1n) is 13.2. The van der Waals surface area contributed by atoms with Crippen molar-refractivity contribution < 1.29 is 33.4 Å². The van der Waals surface area contributed by atoms with Gasteiger partial charge in [-0.3, -0.25) is 19.7 Å².